The van der Waals surface area contributed by atoms with Gasteiger partial charge < -0.3 is 21.1 Å². The van der Waals surface area contributed by atoms with E-state index in [9.17, 15) is 18.0 Å². The van der Waals surface area contributed by atoms with Crippen LogP contribution in [0.2, 0.25) is 5.02 Å². The number of halogens is 4. The molecular weight excluding hydrogens is 559 g/mol. The van der Waals surface area contributed by atoms with Gasteiger partial charge >= 0.3 is 18.2 Å². The molecule has 41 heavy (non-hydrogen) atoms. The lowest BCUT2D eigenvalue weighted by molar-refractivity contribution is -0.137. The molecule has 0 saturated heterocycles. The third-order valence-corrected chi connectivity index (χ3v) is 5.86. The molecule has 5 rings (SSSR count). The molecule has 0 radical (unpaired) electrons. The van der Waals surface area contributed by atoms with Crippen molar-refractivity contribution in [2.24, 2.45) is 0 Å². The van der Waals surface area contributed by atoms with Gasteiger partial charge in [-0.1, -0.05) is 54.1 Å². The van der Waals surface area contributed by atoms with E-state index < -0.39 is 17.8 Å². The van der Waals surface area contributed by atoms with Crippen molar-refractivity contribution in [2.75, 3.05) is 16.4 Å². The highest BCUT2D eigenvalue weighted by Gasteiger charge is 2.32. The van der Waals surface area contributed by atoms with E-state index >= 15 is 0 Å². The number of nitrogens with zero attached hydrogens (tertiary/aromatic N) is 4. The van der Waals surface area contributed by atoms with Gasteiger partial charge in [-0.05, 0) is 29.8 Å². The van der Waals surface area contributed by atoms with E-state index in [-0.39, 0.29) is 23.1 Å². The van der Waals surface area contributed by atoms with Gasteiger partial charge in [0, 0.05) is 23.5 Å². The van der Waals surface area contributed by atoms with E-state index in [0.717, 1.165) is 17.8 Å². The van der Waals surface area contributed by atoms with E-state index in [1.807, 2.05) is 0 Å². The molecule has 13 heteroatoms. The quantitative estimate of drug-likeness (QED) is 0.193. The number of rotatable bonds is 6. The number of carbonyl (C=O) groups is 1. The number of urea groups is 1. The average Bonchev–Trinajstić information content (AvgIpc) is 2.96. The second kappa shape index (κ2) is 11.5. The maximum atomic E-state index is 13.3. The topological polar surface area (TPSA) is 128 Å². The van der Waals surface area contributed by atoms with Crippen molar-refractivity contribution in [3.8, 4) is 34.1 Å². The minimum atomic E-state index is -4.64. The number of ether oxygens (including phenoxy) is 1. The number of amides is 2. The fourth-order valence-electron chi connectivity index (χ4n) is 3.75. The number of hydrogen-bond acceptors (Lipinski definition) is 7. The number of carbonyl (C=O) groups excluding carboxylic acids is 1. The zero-order valence-electron chi connectivity index (χ0n) is 20.9. The smallest absolute Gasteiger partial charge is 0.417 e. The van der Waals surface area contributed by atoms with Crippen LogP contribution in [0.15, 0.2) is 91.5 Å². The van der Waals surface area contributed by atoms with E-state index in [2.05, 4.69) is 30.6 Å². The first kappa shape index (κ1) is 27.3. The molecule has 0 fully saturated rings. The van der Waals surface area contributed by atoms with Gasteiger partial charge in [0.15, 0.2) is 0 Å². The Morgan fingerprint density at radius 2 is 1.54 bits per heavy atom. The summed E-state index contributed by atoms with van der Waals surface area (Å²) in [7, 11) is 0. The lowest BCUT2D eigenvalue weighted by Gasteiger charge is -2.14. The molecule has 0 saturated carbocycles. The largest absolute Gasteiger partial charge is 0.424 e. The van der Waals surface area contributed by atoms with Gasteiger partial charge in [-0.15, -0.1) is 0 Å². The molecular formula is C28H19ClF3N7O2. The number of hydrogen-bond donors (Lipinski definition) is 3. The molecule has 0 unspecified atom stereocenters. The summed E-state index contributed by atoms with van der Waals surface area (Å²) in [5.41, 5.74) is 7.14. The van der Waals surface area contributed by atoms with Crippen LogP contribution in [-0.2, 0) is 6.18 Å². The number of nitrogens with two attached hydrogens (primary N) is 1. The number of aromatic nitrogens is 4. The minimum absolute atomic E-state index is 0.00101. The number of anilines is 3. The van der Waals surface area contributed by atoms with E-state index in [1.165, 1.54) is 18.6 Å². The fourth-order valence-corrected chi connectivity index (χ4v) is 3.91. The third-order valence-electron chi connectivity index (χ3n) is 5.66. The second-order valence-electron chi connectivity index (χ2n) is 8.53. The monoisotopic (exact) mass is 577 g/mol. The van der Waals surface area contributed by atoms with Gasteiger partial charge in [-0.3, -0.25) is 4.98 Å². The highest BCUT2D eigenvalue weighted by atomic mass is 35.5. The average molecular weight is 578 g/mol. The van der Waals surface area contributed by atoms with Gasteiger partial charge in [-0.25, -0.2) is 19.7 Å². The van der Waals surface area contributed by atoms with Crippen LogP contribution in [0.5, 0.6) is 11.8 Å². The lowest BCUT2D eigenvalue weighted by Crippen LogP contribution is -2.21. The molecule has 0 aliphatic carbocycles. The first-order chi connectivity index (χ1) is 19.7. The predicted molar refractivity (Wildman–Crippen MR) is 149 cm³/mol. The molecule has 206 valence electrons. The first-order valence-corrected chi connectivity index (χ1v) is 12.3. The fraction of sp³-hybridized carbons (Fsp3) is 0.0357. The zero-order valence-corrected chi connectivity index (χ0v) is 21.6. The summed E-state index contributed by atoms with van der Waals surface area (Å²) in [6.07, 6.45) is 0.116. The summed E-state index contributed by atoms with van der Waals surface area (Å²) in [4.78, 5) is 28.8. The SMILES string of the molecule is Nc1ncc(Cl)cc1-c1ccc(Oc2ncc(NC(=O)Nc3cc(C(F)(F)F)cnc3-c3ccccc3)cn2)cc1. The lowest BCUT2D eigenvalue weighted by atomic mass is 10.1. The van der Waals surface area contributed by atoms with Gasteiger partial charge in [0.1, 0.15) is 11.6 Å². The number of pyridine rings is 2. The van der Waals surface area contributed by atoms with Gasteiger partial charge in [0.25, 0.3) is 0 Å². The maximum Gasteiger partial charge on any atom is 0.417 e. The normalized spacial score (nSPS) is 11.1. The Hall–Kier alpha value is -5.23. The Morgan fingerprint density at radius 1 is 0.829 bits per heavy atom. The molecule has 2 aromatic carbocycles. The standard InChI is InChI=1S/C28H19ClF3N7O2/c29-19-11-22(25(33)35-13-19)16-6-8-21(9-7-16)41-27-36-14-20(15-37-27)38-26(40)39-23-10-18(28(30,31)32)12-34-24(23)17-4-2-1-3-5-17/h1-15H,(H2,33,35)(H2,38,39,40). The van der Waals surface area contributed by atoms with E-state index in [4.69, 9.17) is 22.1 Å². The van der Waals surface area contributed by atoms with E-state index in [1.54, 1.807) is 60.7 Å². The molecule has 0 atom stereocenters. The zero-order chi connectivity index (χ0) is 29.0. The van der Waals surface area contributed by atoms with Gasteiger partial charge in [0.2, 0.25) is 0 Å². The molecule has 0 aliphatic rings. The highest BCUT2D eigenvalue weighted by molar-refractivity contribution is 6.30. The molecule has 4 N–H and O–H groups in total. The highest BCUT2D eigenvalue weighted by Crippen LogP contribution is 2.34. The van der Waals surface area contributed by atoms with Crippen molar-refractivity contribution < 1.29 is 22.7 Å². The van der Waals surface area contributed by atoms with Crippen molar-refractivity contribution in [1.82, 2.24) is 19.9 Å². The molecule has 2 amide bonds. The van der Waals surface area contributed by atoms with Gasteiger partial charge in [-0.2, -0.15) is 13.2 Å². The molecule has 0 spiro atoms. The van der Waals surface area contributed by atoms with Crippen LogP contribution in [0.1, 0.15) is 5.56 Å². The van der Waals surface area contributed by atoms with Crippen LogP contribution in [0.25, 0.3) is 22.4 Å². The van der Waals surface area contributed by atoms with Crippen LogP contribution in [-0.4, -0.2) is 26.0 Å². The Kier molecular flexibility index (Phi) is 7.66. The van der Waals surface area contributed by atoms with Crippen molar-refractivity contribution >= 4 is 34.8 Å². The number of nitrogen functional groups attached to an aromatic ring is 1. The van der Waals surface area contributed by atoms with E-state index in [0.29, 0.717) is 27.7 Å². The predicted octanol–water partition coefficient (Wildman–Crippen LogP) is 7.29. The molecule has 0 bridgehead atoms. The third kappa shape index (κ3) is 6.68. The Bertz CT molecular complexity index is 1680. The maximum absolute atomic E-state index is 13.3. The Labute approximate surface area is 236 Å². The summed E-state index contributed by atoms with van der Waals surface area (Å²) in [5.74, 6) is 0.769. The van der Waals surface area contributed by atoms with Crippen LogP contribution in [0.3, 0.4) is 0 Å². The number of benzene rings is 2. The van der Waals surface area contributed by atoms with Crippen molar-refractivity contribution in [1.29, 1.82) is 0 Å². The summed E-state index contributed by atoms with van der Waals surface area (Å²) in [6.45, 7) is 0. The van der Waals surface area contributed by atoms with Crippen LogP contribution in [0, 0.1) is 0 Å². The molecule has 3 aromatic heterocycles. The van der Waals surface area contributed by atoms with Crippen molar-refractivity contribution in [3.05, 3.63) is 102 Å². The summed E-state index contributed by atoms with van der Waals surface area (Å²) in [5, 5.41) is 5.37. The second-order valence-corrected chi connectivity index (χ2v) is 8.97. The van der Waals surface area contributed by atoms with Crippen LogP contribution >= 0.6 is 11.6 Å². The minimum Gasteiger partial charge on any atom is -0.424 e. The summed E-state index contributed by atoms with van der Waals surface area (Å²) < 4.78 is 45.5. The number of alkyl halides is 3. The van der Waals surface area contributed by atoms with Gasteiger partial charge in [0.05, 0.1) is 40.0 Å². The summed E-state index contributed by atoms with van der Waals surface area (Å²) >= 11 is 6.01. The Morgan fingerprint density at radius 3 is 2.22 bits per heavy atom. The number of nitrogens with one attached hydrogen (secondary N) is 2. The van der Waals surface area contributed by atoms with Crippen molar-refractivity contribution in [2.45, 2.75) is 6.18 Å². The Balaban J connectivity index is 1.26. The first-order valence-electron chi connectivity index (χ1n) is 11.9. The van der Waals surface area contributed by atoms with Crippen LogP contribution < -0.4 is 21.1 Å². The molecule has 9 nitrogen and oxygen atoms in total. The summed E-state index contributed by atoms with van der Waals surface area (Å²) in [6, 6.07) is 17.1. The van der Waals surface area contributed by atoms with Crippen molar-refractivity contribution in [3.63, 3.8) is 0 Å². The molecule has 0 aliphatic heterocycles. The molecule has 3 heterocycles. The van der Waals surface area contributed by atoms with Crippen LogP contribution in [0.4, 0.5) is 35.2 Å². The molecule has 5 aromatic rings.